The van der Waals surface area contributed by atoms with Crippen LogP contribution in [0.25, 0.3) is 5.76 Å². The van der Waals surface area contributed by atoms with Gasteiger partial charge in [0.25, 0.3) is 11.7 Å². The predicted molar refractivity (Wildman–Crippen MR) is 172 cm³/mol. The summed E-state index contributed by atoms with van der Waals surface area (Å²) in [4.78, 5) is 30.9. The Morgan fingerprint density at radius 1 is 0.886 bits per heavy atom. The third-order valence-corrected chi connectivity index (χ3v) is 7.94. The molecule has 0 bridgehead atoms. The average molecular weight is 601 g/mol. The van der Waals surface area contributed by atoms with Gasteiger partial charge in [0.1, 0.15) is 18.1 Å². The number of aliphatic hydroxyl groups is 1. The quantitative estimate of drug-likeness (QED) is 0.0857. The summed E-state index contributed by atoms with van der Waals surface area (Å²) in [6.07, 6.45) is 2.60. The normalized spacial score (nSPS) is 16.0. The number of amides is 1. The molecule has 8 heteroatoms. The van der Waals surface area contributed by atoms with E-state index in [9.17, 15) is 14.7 Å². The first-order valence-electron chi connectivity index (χ1n) is 15.5. The molecule has 4 rings (SSSR count). The van der Waals surface area contributed by atoms with Crippen LogP contribution in [-0.2, 0) is 16.2 Å². The number of ether oxygens (including phenoxy) is 3. The Morgan fingerprint density at radius 2 is 1.61 bits per heavy atom. The molecule has 1 fully saturated rings. The SMILES string of the molecule is CCCCOc1ccc(C2/C(=C(\O)c3ccc(OCc4ccccc4)cc3)C(=O)C(=O)N2CCCN(CC)CC)cc1OC. The van der Waals surface area contributed by atoms with Gasteiger partial charge in [0.15, 0.2) is 11.5 Å². The lowest BCUT2D eigenvalue weighted by molar-refractivity contribution is -0.140. The van der Waals surface area contributed by atoms with Crippen LogP contribution in [0.1, 0.15) is 62.8 Å². The molecule has 0 aromatic heterocycles. The molecule has 1 aliphatic heterocycles. The Balaban J connectivity index is 1.67. The zero-order chi connectivity index (χ0) is 31.5. The van der Waals surface area contributed by atoms with Crippen LogP contribution in [0.15, 0.2) is 78.4 Å². The maximum absolute atomic E-state index is 13.5. The number of ketones is 1. The van der Waals surface area contributed by atoms with Crippen LogP contribution in [0, 0.1) is 0 Å². The molecule has 3 aromatic carbocycles. The van der Waals surface area contributed by atoms with E-state index in [0.717, 1.165) is 38.0 Å². The predicted octanol–water partition coefficient (Wildman–Crippen LogP) is 6.61. The van der Waals surface area contributed by atoms with Gasteiger partial charge in [0.05, 0.1) is 25.3 Å². The fourth-order valence-corrected chi connectivity index (χ4v) is 5.37. The van der Waals surface area contributed by atoms with Gasteiger partial charge in [-0.3, -0.25) is 9.59 Å². The van der Waals surface area contributed by atoms with E-state index < -0.39 is 17.7 Å². The molecule has 1 saturated heterocycles. The van der Waals surface area contributed by atoms with Crippen LogP contribution >= 0.6 is 0 Å². The summed E-state index contributed by atoms with van der Waals surface area (Å²) < 4.78 is 17.5. The zero-order valence-electron chi connectivity index (χ0n) is 26.3. The maximum Gasteiger partial charge on any atom is 0.295 e. The molecule has 234 valence electrons. The molecule has 1 unspecified atom stereocenters. The van der Waals surface area contributed by atoms with Crippen molar-refractivity contribution in [3.63, 3.8) is 0 Å². The molecule has 1 atom stereocenters. The Bertz CT molecular complexity index is 1420. The van der Waals surface area contributed by atoms with Gasteiger partial charge in [-0.1, -0.05) is 63.6 Å². The number of aliphatic hydroxyl groups excluding tert-OH is 1. The fraction of sp³-hybridized carbons (Fsp3) is 0.389. The summed E-state index contributed by atoms with van der Waals surface area (Å²) >= 11 is 0. The monoisotopic (exact) mass is 600 g/mol. The van der Waals surface area contributed by atoms with Crippen molar-refractivity contribution in [3.05, 3.63) is 95.1 Å². The van der Waals surface area contributed by atoms with E-state index in [1.54, 1.807) is 48.4 Å². The smallest absolute Gasteiger partial charge is 0.295 e. The summed E-state index contributed by atoms with van der Waals surface area (Å²) in [7, 11) is 1.56. The second-order valence-electron chi connectivity index (χ2n) is 10.8. The van der Waals surface area contributed by atoms with Crippen LogP contribution in [0.2, 0.25) is 0 Å². The van der Waals surface area contributed by atoms with Crippen molar-refractivity contribution in [3.8, 4) is 17.2 Å². The van der Waals surface area contributed by atoms with Gasteiger partial charge < -0.3 is 29.1 Å². The highest BCUT2D eigenvalue weighted by Crippen LogP contribution is 2.42. The van der Waals surface area contributed by atoms with Crippen molar-refractivity contribution in [2.24, 2.45) is 0 Å². The number of nitrogens with zero attached hydrogens (tertiary/aromatic N) is 2. The Hall–Kier alpha value is -4.30. The topological polar surface area (TPSA) is 88.5 Å². The van der Waals surface area contributed by atoms with Gasteiger partial charge in [0.2, 0.25) is 0 Å². The van der Waals surface area contributed by atoms with E-state index >= 15 is 0 Å². The number of methoxy groups -OCH3 is 1. The molecule has 0 spiro atoms. The molecular formula is C36H44N2O6. The molecule has 1 aliphatic rings. The standard InChI is InChI=1S/C36H44N2O6/c1-5-8-23-43-30-20-17-28(24-31(30)42-4)33-32(35(40)36(41)38(33)22-12-21-37(6-2)7-3)34(39)27-15-18-29(19-16-27)44-25-26-13-10-9-11-14-26/h9-11,13-20,24,33,39H,5-8,12,21-23,25H2,1-4H3/b34-32+. The Kier molecular flexibility index (Phi) is 11.8. The summed E-state index contributed by atoms with van der Waals surface area (Å²) in [6.45, 7) is 10.2. The fourth-order valence-electron chi connectivity index (χ4n) is 5.37. The van der Waals surface area contributed by atoms with Crippen molar-refractivity contribution in [1.29, 1.82) is 0 Å². The molecular weight excluding hydrogens is 556 g/mol. The number of Topliss-reactive ketones (excluding diaryl/α,β-unsaturated/α-hetero) is 1. The molecule has 44 heavy (non-hydrogen) atoms. The lowest BCUT2D eigenvalue weighted by atomic mass is 9.95. The first-order valence-corrected chi connectivity index (χ1v) is 15.5. The van der Waals surface area contributed by atoms with E-state index in [4.69, 9.17) is 14.2 Å². The Labute approximate surface area is 260 Å². The van der Waals surface area contributed by atoms with Gasteiger partial charge in [0, 0.05) is 12.1 Å². The second-order valence-corrected chi connectivity index (χ2v) is 10.8. The van der Waals surface area contributed by atoms with Crippen molar-refractivity contribution in [2.75, 3.05) is 39.9 Å². The van der Waals surface area contributed by atoms with Gasteiger partial charge in [-0.2, -0.15) is 0 Å². The molecule has 1 amide bonds. The first kappa shape index (κ1) is 32.6. The van der Waals surface area contributed by atoms with Gasteiger partial charge >= 0.3 is 0 Å². The van der Waals surface area contributed by atoms with E-state index in [-0.39, 0.29) is 11.3 Å². The van der Waals surface area contributed by atoms with Crippen LogP contribution in [0.5, 0.6) is 17.2 Å². The lowest BCUT2D eigenvalue weighted by Crippen LogP contribution is -2.33. The lowest BCUT2D eigenvalue weighted by Gasteiger charge is -2.27. The number of unbranched alkanes of at least 4 members (excludes halogenated alkanes) is 1. The number of hydrogen-bond donors (Lipinski definition) is 1. The Morgan fingerprint density at radius 3 is 2.27 bits per heavy atom. The maximum atomic E-state index is 13.5. The third-order valence-electron chi connectivity index (χ3n) is 7.94. The second kappa shape index (κ2) is 16.0. The van der Waals surface area contributed by atoms with Crippen molar-refractivity contribution in [2.45, 2.75) is 52.7 Å². The van der Waals surface area contributed by atoms with E-state index in [1.807, 2.05) is 36.4 Å². The summed E-state index contributed by atoms with van der Waals surface area (Å²) in [5, 5.41) is 11.5. The van der Waals surface area contributed by atoms with E-state index in [1.165, 1.54) is 0 Å². The summed E-state index contributed by atoms with van der Waals surface area (Å²) in [6, 6.07) is 21.4. The van der Waals surface area contributed by atoms with Crippen LogP contribution in [0.4, 0.5) is 0 Å². The van der Waals surface area contributed by atoms with Gasteiger partial charge in [-0.05, 0) is 80.0 Å². The molecule has 0 saturated carbocycles. The van der Waals surface area contributed by atoms with Crippen molar-refractivity contribution < 1.29 is 28.9 Å². The first-order chi connectivity index (χ1) is 21.4. The minimum Gasteiger partial charge on any atom is -0.507 e. The minimum atomic E-state index is -0.778. The summed E-state index contributed by atoms with van der Waals surface area (Å²) in [5.41, 5.74) is 2.18. The molecule has 0 radical (unpaired) electrons. The van der Waals surface area contributed by atoms with Crippen molar-refractivity contribution in [1.82, 2.24) is 9.80 Å². The molecule has 8 nitrogen and oxygen atoms in total. The molecule has 0 aliphatic carbocycles. The molecule has 3 aromatic rings. The van der Waals surface area contributed by atoms with Gasteiger partial charge in [-0.15, -0.1) is 0 Å². The molecule has 1 heterocycles. The van der Waals surface area contributed by atoms with Gasteiger partial charge in [-0.25, -0.2) is 0 Å². The van der Waals surface area contributed by atoms with Crippen LogP contribution in [0.3, 0.4) is 0 Å². The minimum absolute atomic E-state index is 0.0532. The highest BCUT2D eigenvalue weighted by molar-refractivity contribution is 6.46. The average Bonchev–Trinajstić information content (AvgIpc) is 3.31. The number of likely N-dealkylation sites (tertiary alicyclic amines) is 1. The van der Waals surface area contributed by atoms with Crippen LogP contribution in [-0.4, -0.2) is 66.5 Å². The van der Waals surface area contributed by atoms with Crippen LogP contribution < -0.4 is 14.2 Å². The third kappa shape index (κ3) is 7.80. The number of benzene rings is 3. The highest BCUT2D eigenvalue weighted by Gasteiger charge is 2.46. The zero-order valence-corrected chi connectivity index (χ0v) is 26.3. The largest absolute Gasteiger partial charge is 0.507 e. The summed E-state index contributed by atoms with van der Waals surface area (Å²) in [5.74, 6) is 0.170. The number of hydrogen-bond acceptors (Lipinski definition) is 7. The number of carbonyl (C=O) groups excluding carboxylic acids is 2. The van der Waals surface area contributed by atoms with E-state index in [0.29, 0.717) is 54.6 Å². The molecule has 1 N–H and O–H groups in total. The van der Waals surface area contributed by atoms with Crippen molar-refractivity contribution >= 4 is 17.4 Å². The highest BCUT2D eigenvalue weighted by atomic mass is 16.5. The number of rotatable bonds is 16. The van der Waals surface area contributed by atoms with E-state index in [2.05, 4.69) is 25.7 Å². The number of carbonyl (C=O) groups is 2.